The summed E-state index contributed by atoms with van der Waals surface area (Å²) in [6, 6.07) is 9.47. The average molecular weight is 450 g/mol. The highest BCUT2D eigenvalue weighted by atomic mass is 32.2. The van der Waals surface area contributed by atoms with Gasteiger partial charge in [0.15, 0.2) is 10.8 Å². The minimum Gasteiger partial charge on any atom is -0.325 e. The monoisotopic (exact) mass is 449 g/mol. The van der Waals surface area contributed by atoms with Gasteiger partial charge in [-0.2, -0.15) is 4.52 Å². The summed E-state index contributed by atoms with van der Waals surface area (Å²) in [5.41, 5.74) is 3.02. The molecule has 0 unspecified atom stereocenters. The van der Waals surface area contributed by atoms with Crippen LogP contribution in [0.15, 0.2) is 35.5 Å². The number of carbonyl (C=O) groups is 1. The van der Waals surface area contributed by atoms with Gasteiger partial charge in [0.2, 0.25) is 5.91 Å². The van der Waals surface area contributed by atoms with Gasteiger partial charge in [0.25, 0.3) is 5.78 Å². The Labute approximate surface area is 185 Å². The van der Waals surface area contributed by atoms with Crippen LogP contribution < -0.4 is 5.32 Å². The van der Waals surface area contributed by atoms with Crippen LogP contribution in [0.2, 0.25) is 0 Å². The number of carbonyl (C=O) groups excluding carboxylic acids is 1. The molecule has 1 amide bonds. The molecular formula is C21H19N7OS2. The van der Waals surface area contributed by atoms with Crippen LogP contribution in [-0.2, 0) is 17.6 Å². The number of anilines is 1. The quantitative estimate of drug-likeness (QED) is 0.419. The van der Waals surface area contributed by atoms with Crippen LogP contribution in [0.25, 0.3) is 21.6 Å². The summed E-state index contributed by atoms with van der Waals surface area (Å²) in [6.45, 7) is 1.90. The molecule has 0 saturated carbocycles. The van der Waals surface area contributed by atoms with Crippen molar-refractivity contribution in [3.63, 3.8) is 0 Å². The molecule has 4 heterocycles. The molecule has 156 valence electrons. The summed E-state index contributed by atoms with van der Waals surface area (Å²) in [5, 5.41) is 18.2. The van der Waals surface area contributed by atoms with E-state index >= 15 is 0 Å². The van der Waals surface area contributed by atoms with Gasteiger partial charge in [-0.25, -0.2) is 9.38 Å². The SMILES string of the molecule is Cc1nc2c3c4c(sc3n3c(SCC(=O)Nc5ccccc5)nnc3n2n1)CCCC4. The maximum Gasteiger partial charge on any atom is 0.260 e. The largest absolute Gasteiger partial charge is 0.325 e. The maximum atomic E-state index is 12.5. The number of hydrogen-bond acceptors (Lipinski definition) is 7. The zero-order valence-electron chi connectivity index (χ0n) is 16.8. The first kappa shape index (κ1) is 18.8. The molecule has 4 aromatic heterocycles. The second-order valence-electron chi connectivity index (χ2n) is 7.61. The van der Waals surface area contributed by atoms with Crippen molar-refractivity contribution in [3.05, 3.63) is 46.6 Å². The molecule has 0 atom stereocenters. The van der Waals surface area contributed by atoms with E-state index in [0.717, 1.165) is 34.4 Å². The first-order valence-electron chi connectivity index (χ1n) is 10.2. The normalized spacial score (nSPS) is 13.8. The molecule has 0 fully saturated rings. The third-order valence-electron chi connectivity index (χ3n) is 5.49. The number of thiophene rings is 1. The molecular weight excluding hydrogens is 430 g/mol. The van der Waals surface area contributed by atoms with Crippen molar-refractivity contribution in [2.24, 2.45) is 0 Å². The smallest absolute Gasteiger partial charge is 0.260 e. The number of nitrogens with zero attached hydrogens (tertiary/aromatic N) is 6. The van der Waals surface area contributed by atoms with E-state index in [9.17, 15) is 4.79 Å². The van der Waals surface area contributed by atoms with E-state index in [0.29, 0.717) is 16.8 Å². The molecule has 1 aliphatic carbocycles. The Hall–Kier alpha value is -2.98. The Morgan fingerprint density at radius 1 is 1.19 bits per heavy atom. The second kappa shape index (κ2) is 7.31. The summed E-state index contributed by atoms with van der Waals surface area (Å²) in [5.74, 6) is 1.51. The molecule has 1 aliphatic rings. The van der Waals surface area contributed by atoms with Crippen LogP contribution >= 0.6 is 23.1 Å². The van der Waals surface area contributed by atoms with Crippen molar-refractivity contribution in [2.45, 2.75) is 37.8 Å². The number of fused-ring (bicyclic) bond motifs is 8. The number of amides is 1. The Kier molecular flexibility index (Phi) is 4.43. The standard InChI is InChI=1S/C21H19N7OS2/c1-12-22-18-17-14-9-5-6-10-15(14)31-19(17)27-20(28(18)26-12)24-25-21(27)30-11-16(29)23-13-7-3-2-4-8-13/h2-4,7-8H,5-6,9-11H2,1H3,(H,23,29). The molecule has 6 rings (SSSR count). The summed E-state index contributed by atoms with van der Waals surface area (Å²) in [6.07, 6.45) is 4.57. The van der Waals surface area contributed by atoms with Gasteiger partial charge in [0.05, 0.1) is 11.1 Å². The lowest BCUT2D eigenvalue weighted by atomic mass is 9.97. The molecule has 0 spiro atoms. The lowest BCUT2D eigenvalue weighted by Gasteiger charge is -2.10. The number of nitrogens with one attached hydrogen (secondary N) is 1. The molecule has 10 heteroatoms. The Morgan fingerprint density at radius 3 is 2.90 bits per heavy atom. The summed E-state index contributed by atoms with van der Waals surface area (Å²) >= 11 is 3.18. The molecule has 1 N–H and O–H groups in total. The fourth-order valence-electron chi connectivity index (χ4n) is 4.18. The number of thioether (sulfide) groups is 1. The molecule has 0 aliphatic heterocycles. The summed E-state index contributed by atoms with van der Waals surface area (Å²) < 4.78 is 3.83. The molecule has 0 radical (unpaired) electrons. The van der Waals surface area contributed by atoms with E-state index in [2.05, 4.69) is 20.6 Å². The van der Waals surface area contributed by atoms with Crippen molar-refractivity contribution in [1.82, 2.24) is 29.2 Å². The fourth-order valence-corrected chi connectivity index (χ4v) is 6.35. The van der Waals surface area contributed by atoms with Crippen LogP contribution in [0.3, 0.4) is 0 Å². The Bertz CT molecular complexity index is 1450. The molecule has 0 bridgehead atoms. The minimum atomic E-state index is -0.0765. The zero-order valence-corrected chi connectivity index (χ0v) is 18.5. The van der Waals surface area contributed by atoms with Gasteiger partial charge in [-0.3, -0.25) is 4.79 Å². The van der Waals surface area contributed by atoms with Crippen molar-refractivity contribution < 1.29 is 4.79 Å². The van der Waals surface area contributed by atoms with Gasteiger partial charge in [0, 0.05) is 10.6 Å². The minimum absolute atomic E-state index is 0.0765. The average Bonchev–Trinajstić information content (AvgIpc) is 3.46. The van der Waals surface area contributed by atoms with Crippen LogP contribution in [0, 0.1) is 6.92 Å². The van der Waals surface area contributed by atoms with Gasteiger partial charge in [0.1, 0.15) is 10.7 Å². The predicted octanol–water partition coefficient (Wildman–Crippen LogP) is 3.90. The van der Waals surface area contributed by atoms with Gasteiger partial charge < -0.3 is 5.32 Å². The van der Waals surface area contributed by atoms with Gasteiger partial charge >= 0.3 is 0 Å². The van der Waals surface area contributed by atoms with E-state index in [1.165, 1.54) is 35.0 Å². The highest BCUT2D eigenvalue weighted by Gasteiger charge is 2.25. The molecule has 8 nitrogen and oxygen atoms in total. The second-order valence-corrected chi connectivity index (χ2v) is 9.63. The van der Waals surface area contributed by atoms with Crippen molar-refractivity contribution in [1.29, 1.82) is 0 Å². The van der Waals surface area contributed by atoms with Crippen LogP contribution in [-0.4, -0.2) is 40.9 Å². The van der Waals surface area contributed by atoms with E-state index in [1.807, 2.05) is 41.7 Å². The number of rotatable bonds is 4. The highest BCUT2D eigenvalue weighted by molar-refractivity contribution is 7.99. The number of hydrogen-bond donors (Lipinski definition) is 1. The van der Waals surface area contributed by atoms with Crippen molar-refractivity contribution in [2.75, 3.05) is 11.1 Å². The lowest BCUT2D eigenvalue weighted by molar-refractivity contribution is -0.113. The van der Waals surface area contributed by atoms with Gasteiger partial charge in [-0.05, 0) is 50.3 Å². The Morgan fingerprint density at radius 2 is 2.03 bits per heavy atom. The summed E-state index contributed by atoms with van der Waals surface area (Å²) in [4.78, 5) is 19.7. The number of para-hydroxylation sites is 1. The fraction of sp³-hybridized carbons (Fsp3) is 0.286. The van der Waals surface area contributed by atoms with Gasteiger partial charge in [-0.1, -0.05) is 30.0 Å². The topological polar surface area (TPSA) is 89.5 Å². The van der Waals surface area contributed by atoms with E-state index in [4.69, 9.17) is 4.98 Å². The van der Waals surface area contributed by atoms with E-state index < -0.39 is 0 Å². The molecule has 1 aromatic carbocycles. The molecule has 0 saturated heterocycles. The van der Waals surface area contributed by atoms with Crippen LogP contribution in [0.4, 0.5) is 5.69 Å². The molecule has 5 aromatic rings. The maximum absolute atomic E-state index is 12.5. The third-order valence-corrected chi connectivity index (χ3v) is 7.69. The first-order valence-corrected chi connectivity index (χ1v) is 12.0. The summed E-state index contributed by atoms with van der Waals surface area (Å²) in [7, 11) is 0. The first-order chi connectivity index (χ1) is 15.2. The number of benzene rings is 1. The van der Waals surface area contributed by atoms with E-state index in [-0.39, 0.29) is 11.7 Å². The van der Waals surface area contributed by atoms with Crippen LogP contribution in [0.5, 0.6) is 0 Å². The molecule has 31 heavy (non-hydrogen) atoms. The predicted molar refractivity (Wildman–Crippen MR) is 122 cm³/mol. The van der Waals surface area contributed by atoms with Gasteiger partial charge in [-0.15, -0.1) is 26.6 Å². The number of aryl methyl sites for hydroxylation is 3. The highest BCUT2D eigenvalue weighted by Crippen LogP contribution is 2.39. The third kappa shape index (κ3) is 3.09. The van der Waals surface area contributed by atoms with E-state index in [1.54, 1.807) is 15.9 Å². The zero-order chi connectivity index (χ0) is 20.9. The van der Waals surface area contributed by atoms with Crippen LogP contribution in [0.1, 0.15) is 29.1 Å². The number of aromatic nitrogens is 6. The van der Waals surface area contributed by atoms with Crippen molar-refractivity contribution in [3.8, 4) is 0 Å². The lowest BCUT2D eigenvalue weighted by Crippen LogP contribution is -2.14. The Balaban J connectivity index is 1.44. The van der Waals surface area contributed by atoms with Crippen molar-refractivity contribution >= 4 is 56.3 Å².